The van der Waals surface area contributed by atoms with Gasteiger partial charge in [0.05, 0.1) is 10.5 Å². The predicted molar refractivity (Wildman–Crippen MR) is 79.6 cm³/mol. The highest BCUT2D eigenvalue weighted by atomic mass is 35.5. The van der Waals surface area contributed by atoms with Gasteiger partial charge in [0.25, 0.3) is 0 Å². The minimum atomic E-state index is -4.48. The van der Waals surface area contributed by atoms with E-state index in [-0.39, 0.29) is 35.3 Å². The number of nitrogens with one attached hydrogen (secondary N) is 2. The van der Waals surface area contributed by atoms with E-state index in [9.17, 15) is 21.6 Å². The molecule has 0 radical (unpaired) electrons. The fourth-order valence-corrected chi connectivity index (χ4v) is 3.66. The number of hydrogen-bond donors (Lipinski definition) is 2. The van der Waals surface area contributed by atoms with Gasteiger partial charge in [-0.3, -0.25) is 0 Å². The highest BCUT2D eigenvalue weighted by Gasteiger charge is 2.31. The fraction of sp³-hybridized carbons (Fsp3) is 0.538. The molecule has 1 atom stereocenters. The maximum Gasteiger partial charge on any atom is 0.416 e. The lowest BCUT2D eigenvalue weighted by molar-refractivity contribution is -0.137. The predicted octanol–water partition coefficient (Wildman–Crippen LogP) is 2.32. The van der Waals surface area contributed by atoms with Crippen molar-refractivity contribution in [1.82, 2.24) is 10.0 Å². The second-order valence-corrected chi connectivity index (χ2v) is 6.92. The van der Waals surface area contributed by atoms with Crippen LogP contribution in [0.4, 0.5) is 13.2 Å². The molecule has 2 N–H and O–H groups in total. The first kappa shape index (κ1) is 19.2. The summed E-state index contributed by atoms with van der Waals surface area (Å²) in [6, 6.07) is 2.65. The van der Waals surface area contributed by atoms with Crippen LogP contribution in [-0.4, -0.2) is 28.1 Å². The summed E-state index contributed by atoms with van der Waals surface area (Å²) < 4.78 is 64.5. The average molecular weight is 359 g/mol. The van der Waals surface area contributed by atoms with Gasteiger partial charge in [0.1, 0.15) is 0 Å². The van der Waals surface area contributed by atoms with Gasteiger partial charge in [0.2, 0.25) is 10.0 Å². The molecule has 1 aliphatic rings. The van der Waals surface area contributed by atoms with Crippen LogP contribution in [0.1, 0.15) is 17.5 Å². The lowest BCUT2D eigenvalue weighted by Crippen LogP contribution is -2.30. The molecule has 1 fully saturated rings. The van der Waals surface area contributed by atoms with Gasteiger partial charge in [0, 0.05) is 6.54 Å². The van der Waals surface area contributed by atoms with Gasteiger partial charge in [-0.2, -0.15) is 13.2 Å². The average Bonchev–Trinajstić information content (AvgIpc) is 2.88. The Labute approximate surface area is 133 Å². The van der Waals surface area contributed by atoms with E-state index in [1.165, 1.54) is 6.92 Å². The van der Waals surface area contributed by atoms with Crippen molar-refractivity contribution in [2.24, 2.45) is 5.92 Å². The number of halogens is 4. The summed E-state index contributed by atoms with van der Waals surface area (Å²) in [5.74, 6) is 0.217. The Balaban J connectivity index is 0.00000242. The van der Waals surface area contributed by atoms with Crippen molar-refractivity contribution in [2.75, 3.05) is 19.6 Å². The molecule has 0 aromatic heterocycles. The third kappa shape index (κ3) is 4.58. The van der Waals surface area contributed by atoms with E-state index in [4.69, 9.17) is 0 Å². The maximum atomic E-state index is 12.6. The largest absolute Gasteiger partial charge is 0.416 e. The second-order valence-electron chi connectivity index (χ2n) is 5.19. The second kappa shape index (κ2) is 7.16. The van der Waals surface area contributed by atoms with Crippen molar-refractivity contribution in [2.45, 2.75) is 24.4 Å². The van der Waals surface area contributed by atoms with Crippen molar-refractivity contribution >= 4 is 22.4 Å². The summed E-state index contributed by atoms with van der Waals surface area (Å²) in [6.45, 7) is 3.25. The number of hydrogen-bond acceptors (Lipinski definition) is 3. The number of benzene rings is 1. The summed E-state index contributed by atoms with van der Waals surface area (Å²) in [5.41, 5.74) is -0.763. The van der Waals surface area contributed by atoms with Crippen LogP contribution in [0.25, 0.3) is 0 Å². The Morgan fingerprint density at radius 1 is 1.36 bits per heavy atom. The molecule has 1 heterocycles. The zero-order chi connectivity index (χ0) is 15.7. The molecule has 0 spiro atoms. The van der Waals surface area contributed by atoms with E-state index in [1.54, 1.807) is 0 Å². The van der Waals surface area contributed by atoms with Crippen LogP contribution in [0.3, 0.4) is 0 Å². The SMILES string of the molecule is Cc1cc(C(F)(F)F)ccc1S(=O)(=O)NCC1CCNC1.Cl. The van der Waals surface area contributed by atoms with Crippen molar-refractivity contribution in [1.29, 1.82) is 0 Å². The molecule has 0 aliphatic carbocycles. The standard InChI is InChI=1S/C13H17F3N2O2S.ClH/c1-9-6-11(13(14,15)16)2-3-12(9)21(19,20)18-8-10-4-5-17-7-10;/h2-3,6,10,17-18H,4-5,7-8H2,1H3;1H. The fourth-order valence-electron chi connectivity index (χ4n) is 2.32. The Hall–Kier alpha value is -0.830. The molecule has 0 amide bonds. The van der Waals surface area contributed by atoms with Crippen molar-refractivity contribution in [3.05, 3.63) is 29.3 Å². The molecule has 2 rings (SSSR count). The topological polar surface area (TPSA) is 58.2 Å². The van der Waals surface area contributed by atoms with Crippen LogP contribution in [-0.2, 0) is 16.2 Å². The summed E-state index contributed by atoms with van der Waals surface area (Å²) in [7, 11) is -3.79. The smallest absolute Gasteiger partial charge is 0.316 e. The van der Waals surface area contributed by atoms with Crippen LogP contribution >= 0.6 is 12.4 Å². The quantitative estimate of drug-likeness (QED) is 0.868. The summed E-state index contributed by atoms with van der Waals surface area (Å²) in [5, 5.41) is 3.12. The maximum absolute atomic E-state index is 12.6. The molecular formula is C13H18ClF3N2O2S. The summed E-state index contributed by atoms with van der Waals surface area (Å²) >= 11 is 0. The zero-order valence-corrected chi connectivity index (χ0v) is 13.5. The highest BCUT2D eigenvalue weighted by molar-refractivity contribution is 7.89. The first-order valence-corrected chi connectivity index (χ1v) is 8.07. The summed E-state index contributed by atoms with van der Waals surface area (Å²) in [4.78, 5) is -0.110. The van der Waals surface area contributed by atoms with Gasteiger partial charge >= 0.3 is 6.18 Å². The lowest BCUT2D eigenvalue weighted by atomic mass is 10.1. The number of alkyl halides is 3. The zero-order valence-electron chi connectivity index (χ0n) is 11.9. The van der Waals surface area contributed by atoms with Crippen LogP contribution in [0.15, 0.2) is 23.1 Å². The first-order chi connectivity index (χ1) is 9.70. The van der Waals surface area contributed by atoms with Crippen LogP contribution in [0.2, 0.25) is 0 Å². The van der Waals surface area contributed by atoms with Crippen molar-refractivity contribution in [3.63, 3.8) is 0 Å². The summed E-state index contributed by atoms with van der Waals surface area (Å²) in [6.07, 6.45) is -3.59. The molecule has 4 nitrogen and oxygen atoms in total. The highest BCUT2D eigenvalue weighted by Crippen LogP contribution is 2.31. The van der Waals surface area contributed by atoms with E-state index < -0.39 is 21.8 Å². The van der Waals surface area contributed by atoms with E-state index in [0.29, 0.717) is 0 Å². The van der Waals surface area contributed by atoms with Crippen LogP contribution in [0, 0.1) is 12.8 Å². The molecule has 0 bridgehead atoms. The van der Waals surface area contributed by atoms with E-state index in [1.807, 2.05) is 0 Å². The molecular weight excluding hydrogens is 341 g/mol. The van der Waals surface area contributed by atoms with E-state index in [0.717, 1.165) is 37.7 Å². The molecule has 1 aromatic rings. The Morgan fingerprint density at radius 2 is 2.05 bits per heavy atom. The Bertz CT molecular complexity index is 614. The normalized spacial score (nSPS) is 19.0. The van der Waals surface area contributed by atoms with Gasteiger partial charge in [-0.25, -0.2) is 13.1 Å². The number of sulfonamides is 1. The number of aryl methyl sites for hydroxylation is 1. The minimum absolute atomic E-state index is 0. The van der Waals surface area contributed by atoms with Crippen molar-refractivity contribution in [3.8, 4) is 0 Å². The van der Waals surface area contributed by atoms with Gasteiger partial charge in [-0.05, 0) is 56.1 Å². The molecule has 1 aliphatic heterocycles. The van der Waals surface area contributed by atoms with Crippen molar-refractivity contribution < 1.29 is 21.6 Å². The molecule has 1 aromatic carbocycles. The van der Waals surface area contributed by atoms with Gasteiger partial charge in [-0.15, -0.1) is 12.4 Å². The first-order valence-electron chi connectivity index (χ1n) is 6.58. The molecule has 126 valence electrons. The molecule has 1 saturated heterocycles. The van der Waals surface area contributed by atoms with E-state index >= 15 is 0 Å². The van der Waals surface area contributed by atoms with Gasteiger partial charge < -0.3 is 5.32 Å². The van der Waals surface area contributed by atoms with Gasteiger partial charge in [-0.1, -0.05) is 0 Å². The minimum Gasteiger partial charge on any atom is -0.316 e. The number of rotatable bonds is 4. The van der Waals surface area contributed by atoms with E-state index in [2.05, 4.69) is 10.0 Å². The lowest BCUT2D eigenvalue weighted by Gasteiger charge is -2.14. The molecule has 0 saturated carbocycles. The van der Waals surface area contributed by atoms with Crippen LogP contribution < -0.4 is 10.0 Å². The molecule has 9 heteroatoms. The Kier molecular flexibility index (Phi) is 6.26. The van der Waals surface area contributed by atoms with Gasteiger partial charge in [0.15, 0.2) is 0 Å². The monoisotopic (exact) mass is 358 g/mol. The molecule has 1 unspecified atom stereocenters. The van der Waals surface area contributed by atoms with Crippen LogP contribution in [0.5, 0.6) is 0 Å². The Morgan fingerprint density at radius 3 is 2.55 bits per heavy atom. The third-order valence-electron chi connectivity index (χ3n) is 3.52. The molecule has 22 heavy (non-hydrogen) atoms. The third-order valence-corrected chi connectivity index (χ3v) is 5.10.